The number of amides is 1. The van der Waals surface area contributed by atoms with E-state index in [1.807, 2.05) is 18.2 Å². The molecule has 2 aromatic rings. The zero-order chi connectivity index (χ0) is 17.8. The maximum Gasteiger partial charge on any atom is 0.272 e. The van der Waals surface area contributed by atoms with E-state index in [1.54, 1.807) is 18.9 Å². The molecule has 1 amide bonds. The minimum Gasteiger partial charge on any atom is -0.383 e. The number of methoxy groups -OCH3 is 1. The molecule has 1 aromatic carbocycles. The molecule has 25 heavy (non-hydrogen) atoms. The Balaban J connectivity index is 1.79. The van der Waals surface area contributed by atoms with Crippen molar-refractivity contribution in [3.63, 3.8) is 0 Å². The van der Waals surface area contributed by atoms with Crippen LogP contribution in [-0.4, -0.2) is 35.2 Å². The molecular weight excluding hydrogens is 362 g/mol. The molecule has 1 aliphatic heterocycles. The first-order valence-corrected chi connectivity index (χ1v) is 9.25. The molecule has 3 rings (SSSR count). The molecule has 0 aliphatic carbocycles. The van der Waals surface area contributed by atoms with Crippen LogP contribution in [0.2, 0.25) is 5.02 Å². The molecule has 0 saturated carbocycles. The van der Waals surface area contributed by atoms with Crippen molar-refractivity contribution >= 4 is 29.3 Å². The molecule has 2 heterocycles. The fraction of sp³-hybridized carbons (Fsp3) is 0.353. The van der Waals surface area contributed by atoms with Crippen molar-refractivity contribution in [2.24, 2.45) is 0 Å². The molecular formula is C17H18ClN3O3S. The van der Waals surface area contributed by atoms with Crippen LogP contribution in [0.4, 0.5) is 0 Å². The van der Waals surface area contributed by atoms with Gasteiger partial charge in [-0.25, -0.2) is 4.68 Å². The van der Waals surface area contributed by atoms with Crippen LogP contribution in [0.1, 0.15) is 28.5 Å². The Morgan fingerprint density at radius 3 is 3.08 bits per heavy atom. The van der Waals surface area contributed by atoms with E-state index in [1.165, 1.54) is 16.8 Å². The number of thioether (sulfide) groups is 1. The van der Waals surface area contributed by atoms with Gasteiger partial charge < -0.3 is 10.1 Å². The van der Waals surface area contributed by atoms with Crippen LogP contribution in [0.3, 0.4) is 0 Å². The monoisotopic (exact) mass is 379 g/mol. The lowest BCUT2D eigenvalue weighted by molar-refractivity contribution is 0.0926. The van der Waals surface area contributed by atoms with Gasteiger partial charge in [0.05, 0.1) is 19.2 Å². The molecule has 132 valence electrons. The van der Waals surface area contributed by atoms with Crippen molar-refractivity contribution in [3.05, 3.63) is 57.0 Å². The largest absolute Gasteiger partial charge is 0.383 e. The van der Waals surface area contributed by atoms with Gasteiger partial charge in [-0.05, 0) is 36.2 Å². The molecule has 0 bridgehead atoms. The van der Waals surface area contributed by atoms with Crippen LogP contribution in [0.5, 0.6) is 0 Å². The third-order valence-electron chi connectivity index (χ3n) is 3.92. The fourth-order valence-electron chi connectivity index (χ4n) is 2.66. The number of nitrogens with zero attached hydrogens (tertiary/aromatic N) is 2. The Bertz CT molecular complexity index is 840. The topological polar surface area (TPSA) is 73.2 Å². The zero-order valence-corrected chi connectivity index (χ0v) is 15.3. The van der Waals surface area contributed by atoms with Crippen molar-refractivity contribution in [1.29, 1.82) is 0 Å². The van der Waals surface area contributed by atoms with Gasteiger partial charge in [0.1, 0.15) is 5.69 Å². The number of rotatable bonds is 5. The van der Waals surface area contributed by atoms with Gasteiger partial charge in [-0.15, -0.1) is 11.8 Å². The minimum absolute atomic E-state index is 0.122. The number of fused-ring (bicyclic) bond motifs is 1. The first-order chi connectivity index (χ1) is 12.1. The number of carbonyl (C=O) groups excluding carboxylic acids is 1. The Labute approximate surface area is 154 Å². The average molecular weight is 380 g/mol. The SMILES string of the molecule is COCCn1nc(C(=O)NC2CCSc3ccc(Cl)cc32)ccc1=O. The summed E-state index contributed by atoms with van der Waals surface area (Å²) in [5.74, 6) is 0.606. The van der Waals surface area contributed by atoms with Crippen molar-refractivity contribution < 1.29 is 9.53 Å². The smallest absolute Gasteiger partial charge is 0.272 e. The lowest BCUT2D eigenvalue weighted by atomic mass is 10.0. The van der Waals surface area contributed by atoms with Crippen LogP contribution in [0, 0.1) is 0 Å². The predicted octanol–water partition coefficient (Wildman–Crippen LogP) is 2.51. The molecule has 1 aromatic heterocycles. The fourth-order valence-corrected chi connectivity index (χ4v) is 3.94. The van der Waals surface area contributed by atoms with E-state index >= 15 is 0 Å². The number of benzene rings is 1. The average Bonchev–Trinajstić information content (AvgIpc) is 2.61. The van der Waals surface area contributed by atoms with Crippen molar-refractivity contribution in [2.75, 3.05) is 19.5 Å². The van der Waals surface area contributed by atoms with Crippen LogP contribution >= 0.6 is 23.4 Å². The number of halogens is 1. The Kier molecular flexibility index (Phi) is 5.78. The first kappa shape index (κ1) is 18.0. The molecule has 1 unspecified atom stereocenters. The highest BCUT2D eigenvalue weighted by molar-refractivity contribution is 7.99. The summed E-state index contributed by atoms with van der Waals surface area (Å²) in [5, 5.41) is 7.78. The number of aromatic nitrogens is 2. The summed E-state index contributed by atoms with van der Waals surface area (Å²) in [5.41, 5.74) is 0.960. The number of carbonyl (C=O) groups is 1. The maximum atomic E-state index is 12.6. The number of ether oxygens (including phenoxy) is 1. The summed E-state index contributed by atoms with van der Waals surface area (Å²) < 4.78 is 6.19. The van der Waals surface area contributed by atoms with E-state index in [0.717, 1.165) is 22.6 Å². The van der Waals surface area contributed by atoms with Gasteiger partial charge in [0, 0.05) is 28.8 Å². The third kappa shape index (κ3) is 4.23. The van der Waals surface area contributed by atoms with E-state index in [2.05, 4.69) is 10.4 Å². The van der Waals surface area contributed by atoms with Crippen LogP contribution in [0.25, 0.3) is 0 Å². The lowest BCUT2D eigenvalue weighted by Gasteiger charge is -2.26. The highest BCUT2D eigenvalue weighted by Crippen LogP contribution is 2.37. The minimum atomic E-state index is -0.311. The van der Waals surface area contributed by atoms with Crippen LogP contribution < -0.4 is 10.9 Å². The van der Waals surface area contributed by atoms with E-state index in [9.17, 15) is 9.59 Å². The van der Waals surface area contributed by atoms with Gasteiger partial charge in [0.2, 0.25) is 0 Å². The summed E-state index contributed by atoms with van der Waals surface area (Å²) in [6.45, 7) is 0.651. The Morgan fingerprint density at radius 1 is 1.44 bits per heavy atom. The molecule has 1 N–H and O–H groups in total. The Hall–Kier alpha value is -1.83. The van der Waals surface area contributed by atoms with E-state index in [0.29, 0.717) is 18.2 Å². The third-order valence-corrected chi connectivity index (χ3v) is 5.28. The molecule has 1 aliphatic rings. The summed E-state index contributed by atoms with van der Waals surface area (Å²) in [7, 11) is 1.55. The Morgan fingerprint density at radius 2 is 2.28 bits per heavy atom. The molecule has 0 spiro atoms. The standard InChI is InChI=1S/C17H18ClN3O3S/c1-24-8-7-21-16(22)5-3-14(20-21)17(23)19-13-6-9-25-15-4-2-11(18)10-12(13)15/h2-5,10,13H,6-9H2,1H3,(H,19,23). The van der Waals surface area contributed by atoms with Crippen molar-refractivity contribution in [1.82, 2.24) is 15.1 Å². The van der Waals surface area contributed by atoms with Crippen molar-refractivity contribution in [3.8, 4) is 0 Å². The summed E-state index contributed by atoms with van der Waals surface area (Å²) in [6, 6.07) is 8.38. The summed E-state index contributed by atoms with van der Waals surface area (Å²) in [6.07, 6.45) is 0.813. The molecule has 0 fully saturated rings. The first-order valence-electron chi connectivity index (χ1n) is 7.88. The van der Waals surface area contributed by atoms with Gasteiger partial charge in [0.25, 0.3) is 11.5 Å². The van der Waals surface area contributed by atoms with Gasteiger partial charge in [-0.2, -0.15) is 5.10 Å². The van der Waals surface area contributed by atoms with Gasteiger partial charge in [-0.1, -0.05) is 11.6 Å². The molecule has 1 atom stereocenters. The van der Waals surface area contributed by atoms with E-state index in [-0.39, 0.29) is 23.2 Å². The number of hydrogen-bond acceptors (Lipinski definition) is 5. The molecule has 0 saturated heterocycles. The van der Waals surface area contributed by atoms with E-state index < -0.39 is 0 Å². The van der Waals surface area contributed by atoms with Gasteiger partial charge in [0.15, 0.2) is 0 Å². The number of hydrogen-bond donors (Lipinski definition) is 1. The predicted molar refractivity (Wildman–Crippen MR) is 97.4 cm³/mol. The van der Waals surface area contributed by atoms with Gasteiger partial charge in [-0.3, -0.25) is 9.59 Å². The quantitative estimate of drug-likeness (QED) is 0.864. The molecule has 6 nitrogen and oxygen atoms in total. The van der Waals surface area contributed by atoms with Gasteiger partial charge >= 0.3 is 0 Å². The summed E-state index contributed by atoms with van der Waals surface area (Å²) >= 11 is 7.85. The van der Waals surface area contributed by atoms with E-state index in [4.69, 9.17) is 16.3 Å². The molecule has 8 heteroatoms. The lowest BCUT2D eigenvalue weighted by Crippen LogP contribution is -2.33. The second-order valence-electron chi connectivity index (χ2n) is 5.62. The summed E-state index contributed by atoms with van der Waals surface area (Å²) in [4.78, 5) is 25.5. The highest BCUT2D eigenvalue weighted by Gasteiger charge is 2.23. The van der Waals surface area contributed by atoms with Crippen molar-refractivity contribution in [2.45, 2.75) is 23.9 Å². The van der Waals surface area contributed by atoms with Crippen LogP contribution in [0.15, 0.2) is 40.0 Å². The molecule has 0 radical (unpaired) electrons. The van der Waals surface area contributed by atoms with Crippen LogP contribution in [-0.2, 0) is 11.3 Å². The number of nitrogens with one attached hydrogen (secondary N) is 1. The zero-order valence-electron chi connectivity index (χ0n) is 13.7. The normalized spacial score (nSPS) is 16.3. The maximum absolute atomic E-state index is 12.6. The second-order valence-corrected chi connectivity index (χ2v) is 7.19. The second kappa shape index (κ2) is 8.03. The highest BCUT2D eigenvalue weighted by atomic mass is 35.5.